The molecule has 1 aromatic heterocycles. The number of halogens is 3. The third-order valence-electron chi connectivity index (χ3n) is 4.38. The third kappa shape index (κ3) is 4.19. The van der Waals surface area contributed by atoms with Gasteiger partial charge in [-0.15, -0.1) is 0 Å². The number of hydrogen-bond acceptors (Lipinski definition) is 4. The monoisotopic (exact) mass is 347 g/mol. The number of aromatic nitrogens is 2. The summed E-state index contributed by atoms with van der Waals surface area (Å²) in [4.78, 5) is 15.6. The number of nitrogens with zero attached hydrogens (tertiary/aromatic N) is 4. The minimum Gasteiger partial charge on any atom is -0.383 e. The number of hydrogen-bond donors (Lipinski definition) is 1. The van der Waals surface area contributed by atoms with Crippen LogP contribution in [0.15, 0.2) is 6.20 Å². The fourth-order valence-corrected chi connectivity index (χ4v) is 3.02. The Bertz CT molecular complexity index is 576. The number of carbonyl (C=O) groups is 1. The van der Waals surface area contributed by atoms with Crippen LogP contribution in [0.4, 0.5) is 19.0 Å². The van der Waals surface area contributed by atoms with Gasteiger partial charge in [0, 0.05) is 32.2 Å². The number of rotatable bonds is 4. The standard InChI is InChI=1S/C15H24F3N5O/c1-10(2)23-13(19)12(8-20-23)14(24)21(3)11-4-6-22(7-5-11)9-15(16,17)18/h8,10-11H,4-7,9,19H2,1-3H3. The van der Waals surface area contributed by atoms with Crippen molar-refractivity contribution in [3.05, 3.63) is 11.8 Å². The SMILES string of the molecule is CC(C)n1ncc(C(=O)N(C)C2CCN(CC(F)(F)F)CC2)c1N. The molecule has 2 N–H and O–H groups in total. The van der Waals surface area contributed by atoms with E-state index < -0.39 is 12.7 Å². The normalized spacial score (nSPS) is 17.5. The Hall–Kier alpha value is -1.77. The molecule has 0 bridgehead atoms. The van der Waals surface area contributed by atoms with Gasteiger partial charge in [-0.2, -0.15) is 18.3 Å². The van der Waals surface area contributed by atoms with Crippen molar-refractivity contribution < 1.29 is 18.0 Å². The average Bonchev–Trinajstić information content (AvgIpc) is 2.87. The number of nitrogen functional groups attached to an aromatic ring is 1. The van der Waals surface area contributed by atoms with Gasteiger partial charge in [0.15, 0.2) is 0 Å². The number of piperidine rings is 1. The van der Waals surface area contributed by atoms with Crippen LogP contribution in [0.1, 0.15) is 43.1 Å². The first-order chi connectivity index (χ1) is 11.1. The van der Waals surface area contributed by atoms with Crippen LogP contribution in [-0.4, -0.2) is 64.4 Å². The maximum atomic E-state index is 12.6. The van der Waals surface area contributed by atoms with Crippen molar-refractivity contribution in [3.8, 4) is 0 Å². The Kier molecular flexibility index (Phi) is 5.42. The second-order valence-corrected chi connectivity index (χ2v) is 6.52. The van der Waals surface area contributed by atoms with E-state index in [1.165, 1.54) is 11.1 Å². The van der Waals surface area contributed by atoms with Crippen molar-refractivity contribution in [3.63, 3.8) is 0 Å². The molecule has 1 amide bonds. The molecule has 0 atom stereocenters. The van der Waals surface area contributed by atoms with Gasteiger partial charge >= 0.3 is 6.18 Å². The van der Waals surface area contributed by atoms with Crippen LogP contribution < -0.4 is 5.73 Å². The van der Waals surface area contributed by atoms with Gasteiger partial charge in [-0.1, -0.05) is 0 Å². The summed E-state index contributed by atoms with van der Waals surface area (Å²) in [5, 5.41) is 4.13. The Morgan fingerprint density at radius 2 is 2.00 bits per heavy atom. The van der Waals surface area contributed by atoms with E-state index in [4.69, 9.17) is 5.73 Å². The minimum absolute atomic E-state index is 0.0439. The Balaban J connectivity index is 1.98. The lowest BCUT2D eigenvalue weighted by Crippen LogP contribution is -2.47. The van der Waals surface area contributed by atoms with Gasteiger partial charge in [0.1, 0.15) is 11.4 Å². The Morgan fingerprint density at radius 3 is 2.46 bits per heavy atom. The van der Waals surface area contributed by atoms with E-state index in [9.17, 15) is 18.0 Å². The zero-order chi connectivity index (χ0) is 18.1. The highest BCUT2D eigenvalue weighted by Gasteiger charge is 2.34. The molecule has 136 valence electrons. The molecule has 0 saturated carbocycles. The van der Waals surface area contributed by atoms with E-state index in [2.05, 4.69) is 5.10 Å². The predicted molar refractivity (Wildman–Crippen MR) is 84.6 cm³/mol. The molecule has 1 fully saturated rings. The summed E-state index contributed by atoms with van der Waals surface area (Å²) in [5.74, 6) is 0.0741. The van der Waals surface area contributed by atoms with Gasteiger partial charge in [0.25, 0.3) is 5.91 Å². The molecule has 1 saturated heterocycles. The summed E-state index contributed by atoms with van der Waals surface area (Å²) in [7, 11) is 1.67. The van der Waals surface area contributed by atoms with Crippen LogP contribution in [0.3, 0.4) is 0 Å². The summed E-state index contributed by atoms with van der Waals surface area (Å²) >= 11 is 0. The van der Waals surface area contributed by atoms with Crippen molar-refractivity contribution in [2.45, 2.75) is 44.9 Å². The zero-order valence-electron chi connectivity index (χ0n) is 14.2. The third-order valence-corrected chi connectivity index (χ3v) is 4.38. The maximum absolute atomic E-state index is 12.6. The minimum atomic E-state index is -4.19. The van der Waals surface area contributed by atoms with E-state index in [1.807, 2.05) is 13.8 Å². The van der Waals surface area contributed by atoms with Gasteiger partial charge < -0.3 is 10.6 Å². The molecule has 1 aromatic rings. The fraction of sp³-hybridized carbons (Fsp3) is 0.733. The number of likely N-dealkylation sites (tertiary alicyclic amines) is 1. The van der Waals surface area contributed by atoms with E-state index >= 15 is 0 Å². The number of amides is 1. The molecule has 0 radical (unpaired) electrons. The molecule has 1 aliphatic rings. The molecule has 6 nitrogen and oxygen atoms in total. The van der Waals surface area contributed by atoms with Crippen LogP contribution in [0.2, 0.25) is 0 Å². The summed E-state index contributed by atoms with van der Waals surface area (Å²) in [6.45, 7) is 3.58. The highest BCUT2D eigenvalue weighted by molar-refractivity contribution is 5.98. The number of alkyl halides is 3. The van der Waals surface area contributed by atoms with Crippen molar-refractivity contribution in [1.82, 2.24) is 19.6 Å². The summed E-state index contributed by atoms with van der Waals surface area (Å²) < 4.78 is 38.9. The van der Waals surface area contributed by atoms with E-state index in [0.717, 1.165) is 0 Å². The molecule has 0 aromatic carbocycles. The smallest absolute Gasteiger partial charge is 0.383 e. The van der Waals surface area contributed by atoms with Gasteiger partial charge in [-0.3, -0.25) is 9.69 Å². The molecule has 9 heteroatoms. The first-order valence-electron chi connectivity index (χ1n) is 7.99. The topological polar surface area (TPSA) is 67.4 Å². The van der Waals surface area contributed by atoms with Gasteiger partial charge in [0.2, 0.25) is 0 Å². The predicted octanol–water partition coefficient (Wildman–Crippen LogP) is 2.14. The quantitative estimate of drug-likeness (QED) is 0.906. The Morgan fingerprint density at radius 1 is 1.42 bits per heavy atom. The zero-order valence-corrected chi connectivity index (χ0v) is 14.2. The summed E-state index contributed by atoms with van der Waals surface area (Å²) in [6.07, 6.45) is -1.71. The second kappa shape index (κ2) is 7.00. The Labute approximate surface area is 139 Å². The van der Waals surface area contributed by atoms with Crippen LogP contribution in [0.5, 0.6) is 0 Å². The summed E-state index contributed by atoms with van der Waals surface area (Å²) in [6, 6.07) is -0.0498. The van der Waals surface area contributed by atoms with E-state index in [1.54, 1.807) is 16.6 Å². The summed E-state index contributed by atoms with van der Waals surface area (Å²) in [5.41, 5.74) is 6.32. The van der Waals surface area contributed by atoms with Crippen LogP contribution >= 0.6 is 0 Å². The lowest BCUT2D eigenvalue weighted by Gasteiger charge is -2.36. The van der Waals surface area contributed by atoms with Gasteiger partial charge in [0.05, 0.1) is 12.7 Å². The largest absolute Gasteiger partial charge is 0.401 e. The maximum Gasteiger partial charge on any atom is 0.401 e. The molecular formula is C15H24F3N5O. The molecule has 0 unspecified atom stereocenters. The molecule has 1 aliphatic heterocycles. The van der Waals surface area contributed by atoms with Crippen LogP contribution in [0.25, 0.3) is 0 Å². The molecule has 2 rings (SSSR count). The molecule has 0 spiro atoms. The number of nitrogens with two attached hydrogens (primary N) is 1. The van der Waals surface area contributed by atoms with Crippen molar-refractivity contribution in [2.24, 2.45) is 0 Å². The van der Waals surface area contributed by atoms with Crippen molar-refractivity contribution >= 4 is 11.7 Å². The fourth-order valence-electron chi connectivity index (χ4n) is 3.02. The highest BCUT2D eigenvalue weighted by Crippen LogP contribution is 2.24. The molecule has 0 aliphatic carbocycles. The van der Waals surface area contributed by atoms with Crippen LogP contribution in [0, 0.1) is 0 Å². The van der Waals surface area contributed by atoms with Crippen molar-refractivity contribution in [1.29, 1.82) is 0 Å². The average molecular weight is 347 g/mol. The number of anilines is 1. The van der Waals surface area contributed by atoms with Crippen LogP contribution in [-0.2, 0) is 0 Å². The van der Waals surface area contributed by atoms with E-state index in [0.29, 0.717) is 37.3 Å². The van der Waals surface area contributed by atoms with Gasteiger partial charge in [-0.25, -0.2) is 4.68 Å². The number of carbonyl (C=O) groups excluding carboxylic acids is 1. The second-order valence-electron chi connectivity index (χ2n) is 6.52. The van der Waals surface area contributed by atoms with Gasteiger partial charge in [-0.05, 0) is 26.7 Å². The van der Waals surface area contributed by atoms with E-state index in [-0.39, 0.29) is 18.0 Å². The lowest BCUT2D eigenvalue weighted by molar-refractivity contribution is -0.148. The first kappa shape index (κ1) is 18.6. The molecule has 2 heterocycles. The highest BCUT2D eigenvalue weighted by atomic mass is 19.4. The molecular weight excluding hydrogens is 323 g/mol. The lowest BCUT2D eigenvalue weighted by atomic mass is 10.0. The van der Waals surface area contributed by atoms with Crippen molar-refractivity contribution in [2.75, 3.05) is 32.4 Å². The molecule has 24 heavy (non-hydrogen) atoms. The first-order valence-corrected chi connectivity index (χ1v) is 7.99.